The number of rotatable bonds is 4. The summed E-state index contributed by atoms with van der Waals surface area (Å²) in [5, 5.41) is 3.55. The summed E-state index contributed by atoms with van der Waals surface area (Å²) in [7, 11) is 2.10. The summed E-state index contributed by atoms with van der Waals surface area (Å²) in [4.78, 5) is 5.87. The van der Waals surface area contributed by atoms with Crippen LogP contribution in [0.3, 0.4) is 0 Å². The van der Waals surface area contributed by atoms with Gasteiger partial charge in [-0.2, -0.15) is 0 Å². The molecule has 0 amide bonds. The molecule has 3 atom stereocenters. The molecular weight excluding hydrogens is 228 g/mol. The predicted molar refractivity (Wildman–Crippen MR) is 74.4 cm³/mol. The predicted octanol–water partition coefficient (Wildman–Crippen LogP) is 3.93. The number of aryl methyl sites for hydroxylation is 1. The quantitative estimate of drug-likeness (QED) is 0.878. The Labute approximate surface area is 109 Å². The molecule has 0 spiro atoms. The van der Waals surface area contributed by atoms with Crippen molar-refractivity contribution < 1.29 is 0 Å². The van der Waals surface area contributed by atoms with E-state index >= 15 is 0 Å². The minimum Gasteiger partial charge on any atom is -0.312 e. The van der Waals surface area contributed by atoms with Crippen molar-refractivity contribution in [2.75, 3.05) is 7.05 Å². The van der Waals surface area contributed by atoms with Crippen LogP contribution in [0.1, 0.15) is 55.6 Å². The second kappa shape index (κ2) is 5.96. The molecule has 1 aliphatic carbocycles. The molecule has 1 aromatic heterocycles. The van der Waals surface area contributed by atoms with Gasteiger partial charge >= 0.3 is 0 Å². The SMILES string of the molecule is CCC1CCCCC1C(NC)c1scnc1C. The van der Waals surface area contributed by atoms with E-state index in [0.29, 0.717) is 6.04 Å². The first-order chi connectivity index (χ1) is 8.27. The number of nitrogens with zero attached hydrogens (tertiary/aromatic N) is 1. The maximum Gasteiger partial charge on any atom is 0.0798 e. The Bertz CT molecular complexity index is 348. The van der Waals surface area contributed by atoms with E-state index in [1.165, 1.54) is 42.7 Å². The monoisotopic (exact) mass is 252 g/mol. The average molecular weight is 252 g/mol. The molecule has 0 saturated heterocycles. The van der Waals surface area contributed by atoms with Gasteiger partial charge < -0.3 is 5.32 Å². The number of nitrogens with one attached hydrogen (secondary N) is 1. The van der Waals surface area contributed by atoms with Crippen LogP contribution >= 0.6 is 11.3 Å². The van der Waals surface area contributed by atoms with Gasteiger partial charge in [0.15, 0.2) is 0 Å². The number of thiazole rings is 1. The highest BCUT2D eigenvalue weighted by molar-refractivity contribution is 7.09. The summed E-state index contributed by atoms with van der Waals surface area (Å²) in [5.41, 5.74) is 3.20. The van der Waals surface area contributed by atoms with Gasteiger partial charge in [-0.05, 0) is 32.2 Å². The molecule has 1 N–H and O–H groups in total. The lowest BCUT2D eigenvalue weighted by Gasteiger charge is -2.36. The van der Waals surface area contributed by atoms with E-state index in [0.717, 1.165) is 11.8 Å². The van der Waals surface area contributed by atoms with E-state index in [2.05, 4.69) is 31.2 Å². The molecule has 1 fully saturated rings. The first kappa shape index (κ1) is 13.0. The van der Waals surface area contributed by atoms with Crippen molar-refractivity contribution in [1.29, 1.82) is 0 Å². The summed E-state index contributed by atoms with van der Waals surface area (Å²) in [6.45, 7) is 4.48. The first-order valence-corrected chi connectivity index (χ1v) is 7.73. The fourth-order valence-corrected chi connectivity index (χ4v) is 4.32. The molecule has 17 heavy (non-hydrogen) atoms. The minimum atomic E-state index is 0.521. The van der Waals surface area contributed by atoms with Crippen LogP contribution in [-0.2, 0) is 0 Å². The Morgan fingerprint density at radius 1 is 1.47 bits per heavy atom. The van der Waals surface area contributed by atoms with Gasteiger partial charge in [0.25, 0.3) is 0 Å². The van der Waals surface area contributed by atoms with Gasteiger partial charge in [-0.3, -0.25) is 0 Å². The van der Waals surface area contributed by atoms with Gasteiger partial charge in [0.2, 0.25) is 0 Å². The van der Waals surface area contributed by atoms with E-state index in [1.807, 2.05) is 16.8 Å². The Kier molecular flexibility index (Phi) is 4.57. The lowest BCUT2D eigenvalue weighted by atomic mass is 9.73. The smallest absolute Gasteiger partial charge is 0.0798 e. The number of hydrogen-bond acceptors (Lipinski definition) is 3. The molecule has 2 rings (SSSR count). The summed E-state index contributed by atoms with van der Waals surface area (Å²) in [5.74, 6) is 1.69. The Balaban J connectivity index is 2.19. The van der Waals surface area contributed by atoms with Gasteiger partial charge in [-0.1, -0.05) is 32.6 Å². The summed E-state index contributed by atoms with van der Waals surface area (Å²) in [6.07, 6.45) is 6.93. The first-order valence-electron chi connectivity index (χ1n) is 6.85. The molecule has 1 aliphatic rings. The Morgan fingerprint density at radius 3 is 2.82 bits per heavy atom. The molecule has 0 aliphatic heterocycles. The zero-order valence-electron chi connectivity index (χ0n) is 11.2. The van der Waals surface area contributed by atoms with Crippen LogP contribution in [0.5, 0.6) is 0 Å². The standard InChI is InChI=1S/C14H24N2S/c1-4-11-7-5-6-8-12(11)13(15-3)14-10(2)16-9-17-14/h9,11-13,15H,4-8H2,1-3H3. The van der Waals surface area contributed by atoms with Crippen molar-refractivity contribution in [3.63, 3.8) is 0 Å². The molecule has 3 unspecified atom stereocenters. The van der Waals surface area contributed by atoms with Crippen molar-refractivity contribution in [3.05, 3.63) is 16.1 Å². The maximum atomic E-state index is 4.41. The van der Waals surface area contributed by atoms with Crippen molar-refractivity contribution in [3.8, 4) is 0 Å². The topological polar surface area (TPSA) is 24.9 Å². The third kappa shape index (κ3) is 2.71. The molecule has 0 radical (unpaired) electrons. The van der Waals surface area contributed by atoms with Gasteiger partial charge in [-0.25, -0.2) is 4.98 Å². The van der Waals surface area contributed by atoms with Crippen LogP contribution in [0.25, 0.3) is 0 Å². The molecule has 1 aromatic rings. The molecule has 1 saturated carbocycles. The Hall–Kier alpha value is -0.410. The largest absolute Gasteiger partial charge is 0.312 e. The van der Waals surface area contributed by atoms with E-state index in [1.54, 1.807) is 0 Å². The van der Waals surface area contributed by atoms with E-state index < -0.39 is 0 Å². The average Bonchev–Trinajstić information content (AvgIpc) is 2.78. The fourth-order valence-electron chi connectivity index (χ4n) is 3.33. The molecular formula is C14H24N2S. The van der Waals surface area contributed by atoms with E-state index in [9.17, 15) is 0 Å². The summed E-state index contributed by atoms with van der Waals surface area (Å²) < 4.78 is 0. The highest BCUT2D eigenvalue weighted by Gasteiger charge is 2.32. The highest BCUT2D eigenvalue weighted by atomic mass is 32.1. The zero-order valence-corrected chi connectivity index (χ0v) is 12.0. The molecule has 3 heteroatoms. The van der Waals surface area contributed by atoms with Crippen LogP contribution in [0.2, 0.25) is 0 Å². The van der Waals surface area contributed by atoms with Crippen LogP contribution in [0, 0.1) is 18.8 Å². The maximum absolute atomic E-state index is 4.41. The fraction of sp³-hybridized carbons (Fsp3) is 0.786. The summed E-state index contributed by atoms with van der Waals surface area (Å²) in [6, 6.07) is 0.521. The number of hydrogen-bond donors (Lipinski definition) is 1. The summed E-state index contributed by atoms with van der Waals surface area (Å²) >= 11 is 1.81. The molecule has 1 heterocycles. The molecule has 0 bridgehead atoms. The third-order valence-corrected chi connectivity index (χ3v) is 5.31. The lowest BCUT2D eigenvalue weighted by Crippen LogP contribution is -2.32. The molecule has 2 nitrogen and oxygen atoms in total. The van der Waals surface area contributed by atoms with Gasteiger partial charge in [0.05, 0.1) is 11.2 Å². The van der Waals surface area contributed by atoms with E-state index in [4.69, 9.17) is 0 Å². The van der Waals surface area contributed by atoms with Crippen LogP contribution in [0.15, 0.2) is 5.51 Å². The minimum absolute atomic E-state index is 0.521. The van der Waals surface area contributed by atoms with Crippen molar-refractivity contribution >= 4 is 11.3 Å². The second-order valence-electron chi connectivity index (χ2n) is 5.19. The molecule has 0 aromatic carbocycles. The van der Waals surface area contributed by atoms with Crippen LogP contribution < -0.4 is 5.32 Å². The van der Waals surface area contributed by atoms with Crippen LogP contribution in [0.4, 0.5) is 0 Å². The van der Waals surface area contributed by atoms with Gasteiger partial charge in [0, 0.05) is 10.9 Å². The van der Waals surface area contributed by atoms with E-state index in [-0.39, 0.29) is 0 Å². The van der Waals surface area contributed by atoms with Crippen LogP contribution in [-0.4, -0.2) is 12.0 Å². The number of aromatic nitrogens is 1. The van der Waals surface area contributed by atoms with Crippen molar-refractivity contribution in [2.24, 2.45) is 11.8 Å². The normalized spacial score (nSPS) is 27.0. The Morgan fingerprint density at radius 2 is 2.24 bits per heavy atom. The lowest BCUT2D eigenvalue weighted by molar-refractivity contribution is 0.182. The van der Waals surface area contributed by atoms with Crippen molar-refractivity contribution in [2.45, 2.75) is 52.0 Å². The van der Waals surface area contributed by atoms with Crippen molar-refractivity contribution in [1.82, 2.24) is 10.3 Å². The zero-order chi connectivity index (χ0) is 12.3. The third-order valence-electron chi connectivity index (χ3n) is 4.30. The highest BCUT2D eigenvalue weighted by Crippen LogP contribution is 2.41. The van der Waals surface area contributed by atoms with Gasteiger partial charge in [-0.15, -0.1) is 11.3 Å². The molecule has 96 valence electrons. The second-order valence-corrected chi connectivity index (χ2v) is 6.07. The van der Waals surface area contributed by atoms with Gasteiger partial charge in [0.1, 0.15) is 0 Å².